The van der Waals surface area contributed by atoms with Crippen LogP contribution >= 0.6 is 11.8 Å². The summed E-state index contributed by atoms with van der Waals surface area (Å²) in [6.45, 7) is 4.43. The molecule has 0 aromatic heterocycles. The lowest BCUT2D eigenvalue weighted by atomic mass is 10.0. The molecule has 1 heterocycles. The Morgan fingerprint density at radius 2 is 2.16 bits per heavy atom. The molecule has 1 aliphatic heterocycles. The van der Waals surface area contributed by atoms with Gasteiger partial charge in [-0.1, -0.05) is 6.92 Å². The molecule has 0 aliphatic carbocycles. The van der Waals surface area contributed by atoms with Gasteiger partial charge in [-0.3, -0.25) is 4.79 Å². The van der Waals surface area contributed by atoms with Crippen molar-refractivity contribution in [3.8, 4) is 0 Å². The van der Waals surface area contributed by atoms with E-state index in [4.69, 9.17) is 5.11 Å². The lowest BCUT2D eigenvalue weighted by Crippen LogP contribution is -2.49. The van der Waals surface area contributed by atoms with Gasteiger partial charge in [-0.2, -0.15) is 11.8 Å². The molecule has 0 radical (unpaired) electrons. The van der Waals surface area contributed by atoms with E-state index in [1.54, 1.807) is 21.6 Å². The van der Waals surface area contributed by atoms with E-state index in [0.29, 0.717) is 13.0 Å². The number of thioether (sulfide) groups is 1. The maximum atomic E-state index is 12.4. The number of hydrogen-bond acceptors (Lipinski definition) is 3. The van der Waals surface area contributed by atoms with Gasteiger partial charge in [0.05, 0.1) is 5.92 Å². The highest BCUT2D eigenvalue weighted by molar-refractivity contribution is 7.98. The van der Waals surface area contributed by atoms with Gasteiger partial charge in [-0.15, -0.1) is 0 Å². The SMILES string of the molecule is CCC(CSC)N(C)C(=O)N1CCC(C(=O)O)C1C. The number of hydrogen-bond donors (Lipinski definition) is 1. The highest BCUT2D eigenvalue weighted by Gasteiger charge is 2.39. The Morgan fingerprint density at radius 3 is 2.58 bits per heavy atom. The second kappa shape index (κ2) is 7.03. The summed E-state index contributed by atoms with van der Waals surface area (Å²) in [5.74, 6) is -0.330. The first kappa shape index (κ1) is 16.1. The Bertz CT molecular complexity index is 338. The van der Waals surface area contributed by atoms with Gasteiger partial charge in [0.15, 0.2) is 0 Å². The molecule has 19 heavy (non-hydrogen) atoms. The van der Waals surface area contributed by atoms with Crippen molar-refractivity contribution in [1.29, 1.82) is 0 Å². The quantitative estimate of drug-likeness (QED) is 0.840. The molecule has 1 fully saturated rings. The van der Waals surface area contributed by atoms with Crippen molar-refractivity contribution in [3.63, 3.8) is 0 Å². The van der Waals surface area contributed by atoms with Gasteiger partial charge in [0.2, 0.25) is 0 Å². The average molecular weight is 288 g/mol. The standard InChI is InChI=1S/C13H24N2O3S/c1-5-10(8-19-4)14(3)13(18)15-7-6-11(9(15)2)12(16)17/h9-11H,5-8H2,1-4H3,(H,16,17). The van der Waals surface area contributed by atoms with Crippen molar-refractivity contribution in [2.75, 3.05) is 25.6 Å². The van der Waals surface area contributed by atoms with Crippen LogP contribution in [0.2, 0.25) is 0 Å². The molecule has 0 aromatic rings. The predicted molar refractivity (Wildman–Crippen MR) is 77.5 cm³/mol. The summed E-state index contributed by atoms with van der Waals surface area (Å²) in [5.41, 5.74) is 0. The summed E-state index contributed by atoms with van der Waals surface area (Å²) < 4.78 is 0. The van der Waals surface area contributed by atoms with E-state index in [2.05, 4.69) is 6.92 Å². The fourth-order valence-corrected chi connectivity index (χ4v) is 3.44. The molecule has 6 heteroatoms. The summed E-state index contributed by atoms with van der Waals surface area (Å²) in [4.78, 5) is 27.0. The molecule has 3 unspecified atom stereocenters. The molecule has 0 aromatic carbocycles. The van der Waals surface area contributed by atoms with Gasteiger partial charge in [0, 0.05) is 31.4 Å². The minimum atomic E-state index is -0.804. The van der Waals surface area contributed by atoms with E-state index < -0.39 is 11.9 Å². The van der Waals surface area contributed by atoms with Gasteiger partial charge in [0.1, 0.15) is 0 Å². The molecule has 0 spiro atoms. The zero-order chi connectivity index (χ0) is 14.6. The van der Waals surface area contributed by atoms with E-state index in [0.717, 1.165) is 12.2 Å². The fourth-order valence-electron chi connectivity index (χ4n) is 2.59. The molecule has 1 saturated heterocycles. The first-order valence-electron chi connectivity index (χ1n) is 6.69. The van der Waals surface area contributed by atoms with Crippen LogP contribution in [0.1, 0.15) is 26.7 Å². The van der Waals surface area contributed by atoms with Crippen LogP contribution < -0.4 is 0 Å². The van der Waals surface area contributed by atoms with Crippen molar-refractivity contribution < 1.29 is 14.7 Å². The first-order valence-corrected chi connectivity index (χ1v) is 8.08. The third-order valence-electron chi connectivity index (χ3n) is 4.00. The molecule has 1 rings (SSSR count). The molecule has 1 N–H and O–H groups in total. The maximum absolute atomic E-state index is 12.4. The molecule has 0 bridgehead atoms. The fraction of sp³-hybridized carbons (Fsp3) is 0.846. The minimum absolute atomic E-state index is 0.0443. The summed E-state index contributed by atoms with van der Waals surface area (Å²) in [5, 5.41) is 9.11. The van der Waals surface area contributed by atoms with Crippen LogP contribution in [-0.2, 0) is 4.79 Å². The van der Waals surface area contributed by atoms with Crippen LogP contribution in [0.3, 0.4) is 0 Å². The van der Waals surface area contributed by atoms with E-state index in [9.17, 15) is 9.59 Å². The van der Waals surface area contributed by atoms with Gasteiger partial charge >= 0.3 is 12.0 Å². The number of nitrogens with zero attached hydrogens (tertiary/aromatic N) is 2. The largest absolute Gasteiger partial charge is 0.481 e. The summed E-state index contributed by atoms with van der Waals surface area (Å²) >= 11 is 1.72. The lowest BCUT2D eigenvalue weighted by Gasteiger charge is -2.33. The molecule has 1 aliphatic rings. The Kier molecular flexibility index (Phi) is 5.97. The van der Waals surface area contributed by atoms with Crippen LogP contribution in [0.25, 0.3) is 0 Å². The zero-order valence-electron chi connectivity index (χ0n) is 12.1. The smallest absolute Gasteiger partial charge is 0.320 e. The monoisotopic (exact) mass is 288 g/mol. The first-order chi connectivity index (χ1) is 8.93. The highest BCUT2D eigenvalue weighted by atomic mass is 32.2. The second-order valence-corrected chi connectivity index (χ2v) is 5.99. The molecule has 0 saturated carbocycles. The Hall–Kier alpha value is -0.910. The van der Waals surface area contributed by atoms with E-state index in [-0.39, 0.29) is 18.1 Å². The normalized spacial score (nSPS) is 24.3. The number of carboxylic acid groups (broad SMARTS) is 1. The Labute approximate surface area is 119 Å². The molecule has 2 amide bonds. The molecular weight excluding hydrogens is 264 g/mol. The predicted octanol–water partition coefficient (Wildman–Crippen LogP) is 1.97. The average Bonchev–Trinajstić information content (AvgIpc) is 2.76. The van der Waals surface area contributed by atoms with Crippen molar-refractivity contribution in [2.45, 2.75) is 38.8 Å². The van der Waals surface area contributed by atoms with E-state index in [1.165, 1.54) is 0 Å². The minimum Gasteiger partial charge on any atom is -0.481 e. The number of carboxylic acids is 1. The van der Waals surface area contributed by atoms with Crippen molar-refractivity contribution in [1.82, 2.24) is 9.80 Å². The van der Waals surface area contributed by atoms with Gasteiger partial charge in [-0.25, -0.2) is 4.79 Å². The molecular formula is C13H24N2O3S. The zero-order valence-corrected chi connectivity index (χ0v) is 12.9. The van der Waals surface area contributed by atoms with Crippen LogP contribution in [0.5, 0.6) is 0 Å². The summed E-state index contributed by atoms with van der Waals surface area (Å²) in [6, 6.07) is -0.0602. The van der Waals surface area contributed by atoms with Crippen LogP contribution in [0.15, 0.2) is 0 Å². The van der Waals surface area contributed by atoms with Crippen molar-refractivity contribution >= 4 is 23.8 Å². The third-order valence-corrected chi connectivity index (χ3v) is 4.72. The Balaban J connectivity index is 2.70. The molecule has 3 atom stereocenters. The number of likely N-dealkylation sites (tertiary alicyclic amines) is 1. The highest BCUT2D eigenvalue weighted by Crippen LogP contribution is 2.26. The summed E-state index contributed by atoms with van der Waals surface area (Å²) in [7, 11) is 1.81. The number of aliphatic carboxylic acids is 1. The van der Waals surface area contributed by atoms with E-state index in [1.807, 2.05) is 20.2 Å². The van der Waals surface area contributed by atoms with Crippen molar-refractivity contribution in [2.24, 2.45) is 5.92 Å². The van der Waals surface area contributed by atoms with Crippen LogP contribution in [-0.4, -0.2) is 64.6 Å². The molecule has 5 nitrogen and oxygen atoms in total. The van der Waals surface area contributed by atoms with Gasteiger partial charge in [0.25, 0.3) is 0 Å². The number of carbonyl (C=O) groups is 2. The van der Waals surface area contributed by atoms with Crippen molar-refractivity contribution in [3.05, 3.63) is 0 Å². The van der Waals surface area contributed by atoms with Gasteiger partial charge < -0.3 is 14.9 Å². The summed E-state index contributed by atoms with van der Waals surface area (Å²) in [6.07, 6.45) is 3.49. The number of rotatable bonds is 5. The Morgan fingerprint density at radius 1 is 1.53 bits per heavy atom. The van der Waals surface area contributed by atoms with E-state index >= 15 is 0 Å². The number of urea groups is 1. The number of carbonyl (C=O) groups excluding carboxylic acids is 1. The van der Waals surface area contributed by atoms with Crippen LogP contribution in [0, 0.1) is 5.92 Å². The lowest BCUT2D eigenvalue weighted by molar-refractivity contribution is -0.142. The third kappa shape index (κ3) is 3.55. The van der Waals surface area contributed by atoms with Crippen LogP contribution in [0.4, 0.5) is 4.79 Å². The molecule has 110 valence electrons. The topological polar surface area (TPSA) is 60.9 Å². The second-order valence-electron chi connectivity index (χ2n) is 5.08. The number of amides is 2. The maximum Gasteiger partial charge on any atom is 0.320 e. The van der Waals surface area contributed by atoms with Gasteiger partial charge in [-0.05, 0) is 26.0 Å².